The summed E-state index contributed by atoms with van der Waals surface area (Å²) in [6, 6.07) is 11.2. The number of carbonyl (C=O) groups is 1. The Hall–Kier alpha value is -2.32. The number of aromatic nitrogens is 2. The number of alkyl halides is 3. The molecule has 136 valence electrons. The highest BCUT2D eigenvalue weighted by Crippen LogP contribution is 2.34. The third-order valence-corrected chi connectivity index (χ3v) is 4.94. The van der Waals surface area contributed by atoms with E-state index in [1.807, 2.05) is 6.07 Å². The molecule has 0 spiro atoms. The van der Waals surface area contributed by atoms with E-state index in [-0.39, 0.29) is 11.6 Å². The molecule has 1 amide bonds. The number of nitrogens with one attached hydrogen (secondary N) is 1. The Labute approximate surface area is 156 Å². The monoisotopic (exact) mass is 399 g/mol. The first-order valence-electron chi connectivity index (χ1n) is 7.48. The summed E-state index contributed by atoms with van der Waals surface area (Å²) >= 11 is 6.98. The lowest BCUT2D eigenvalue weighted by Crippen LogP contribution is -2.21. The van der Waals surface area contributed by atoms with Crippen LogP contribution in [-0.2, 0) is 19.8 Å². The normalized spacial score (nSPS) is 11.6. The molecule has 0 aliphatic carbocycles. The number of aryl methyl sites for hydroxylation is 1. The lowest BCUT2D eigenvalue weighted by atomic mass is 10.2. The topological polar surface area (TPSA) is 46.9 Å². The van der Waals surface area contributed by atoms with E-state index >= 15 is 0 Å². The van der Waals surface area contributed by atoms with Crippen LogP contribution in [-0.4, -0.2) is 15.7 Å². The van der Waals surface area contributed by atoms with Crippen molar-refractivity contribution in [2.24, 2.45) is 7.05 Å². The number of halogens is 4. The Morgan fingerprint density at radius 1 is 1.27 bits per heavy atom. The lowest BCUT2D eigenvalue weighted by molar-refractivity contribution is -0.143. The van der Waals surface area contributed by atoms with E-state index in [0.29, 0.717) is 21.3 Å². The van der Waals surface area contributed by atoms with Crippen molar-refractivity contribution < 1.29 is 18.0 Å². The van der Waals surface area contributed by atoms with Crippen LogP contribution in [0.3, 0.4) is 0 Å². The van der Waals surface area contributed by atoms with Crippen LogP contribution in [0.15, 0.2) is 42.5 Å². The zero-order valence-corrected chi connectivity index (χ0v) is 15.0. The first kappa shape index (κ1) is 18.5. The van der Waals surface area contributed by atoms with Gasteiger partial charge in [-0.05, 0) is 35.9 Å². The highest BCUT2D eigenvalue weighted by molar-refractivity contribution is 7.17. The van der Waals surface area contributed by atoms with Gasteiger partial charge in [0.05, 0.1) is 9.75 Å². The molecule has 0 saturated heterocycles. The van der Waals surface area contributed by atoms with Gasteiger partial charge in [-0.25, -0.2) is 0 Å². The van der Waals surface area contributed by atoms with Gasteiger partial charge in [-0.3, -0.25) is 9.48 Å². The number of carbonyl (C=O) groups excluding carboxylic acids is 1. The zero-order valence-electron chi connectivity index (χ0n) is 13.5. The Kier molecular flexibility index (Phi) is 5.06. The van der Waals surface area contributed by atoms with Crippen LogP contribution in [0.25, 0.3) is 10.6 Å². The summed E-state index contributed by atoms with van der Waals surface area (Å²) < 4.78 is 39.4. The predicted octanol–water partition coefficient (Wildman–Crippen LogP) is 4.75. The van der Waals surface area contributed by atoms with Crippen LogP contribution in [0, 0.1) is 0 Å². The Balaban J connectivity index is 1.72. The Morgan fingerprint density at radius 2 is 2.04 bits per heavy atom. The van der Waals surface area contributed by atoms with Crippen LogP contribution in [0.2, 0.25) is 5.02 Å². The second-order valence-electron chi connectivity index (χ2n) is 5.51. The predicted molar refractivity (Wildman–Crippen MR) is 94.1 cm³/mol. The second kappa shape index (κ2) is 7.13. The van der Waals surface area contributed by atoms with Gasteiger partial charge in [0, 0.05) is 18.6 Å². The molecular weight excluding hydrogens is 387 g/mol. The summed E-state index contributed by atoms with van der Waals surface area (Å²) in [6.07, 6.45) is -4.48. The molecule has 0 aliphatic heterocycles. The number of benzene rings is 1. The summed E-state index contributed by atoms with van der Waals surface area (Å²) in [4.78, 5) is 13.1. The van der Waals surface area contributed by atoms with E-state index < -0.39 is 11.9 Å². The molecule has 0 radical (unpaired) electrons. The Bertz CT molecular complexity index is 949. The summed E-state index contributed by atoms with van der Waals surface area (Å²) in [6.45, 7) is 0.300. The quantitative estimate of drug-likeness (QED) is 0.688. The van der Waals surface area contributed by atoms with Crippen molar-refractivity contribution in [2.45, 2.75) is 12.7 Å². The van der Waals surface area contributed by atoms with Gasteiger partial charge in [0.15, 0.2) is 0 Å². The van der Waals surface area contributed by atoms with Crippen LogP contribution in [0.5, 0.6) is 0 Å². The van der Waals surface area contributed by atoms with Gasteiger partial charge in [-0.2, -0.15) is 18.3 Å². The molecule has 2 heterocycles. The maximum absolute atomic E-state index is 12.9. The van der Waals surface area contributed by atoms with E-state index in [1.54, 1.807) is 30.3 Å². The largest absolute Gasteiger partial charge is 0.433 e. The third-order valence-electron chi connectivity index (χ3n) is 3.59. The number of amides is 1. The highest BCUT2D eigenvalue weighted by atomic mass is 35.5. The summed E-state index contributed by atoms with van der Waals surface area (Å²) in [5.74, 6) is -0.312. The lowest BCUT2D eigenvalue weighted by Gasteiger charge is -2.04. The maximum atomic E-state index is 12.9. The van der Waals surface area contributed by atoms with Gasteiger partial charge in [0.2, 0.25) is 0 Å². The minimum atomic E-state index is -4.48. The van der Waals surface area contributed by atoms with Gasteiger partial charge >= 0.3 is 6.18 Å². The van der Waals surface area contributed by atoms with Crippen LogP contribution < -0.4 is 5.32 Å². The molecule has 0 unspecified atom stereocenters. The number of nitrogens with zero attached hydrogens (tertiary/aromatic N) is 2. The molecule has 2 aromatic heterocycles. The molecule has 0 fully saturated rings. The van der Waals surface area contributed by atoms with Gasteiger partial charge in [-0.1, -0.05) is 23.7 Å². The Morgan fingerprint density at radius 3 is 2.69 bits per heavy atom. The van der Waals surface area contributed by atoms with E-state index in [2.05, 4.69) is 10.4 Å². The molecule has 0 saturated carbocycles. The second-order valence-corrected chi connectivity index (χ2v) is 7.03. The van der Waals surface area contributed by atoms with E-state index in [1.165, 1.54) is 7.05 Å². The van der Waals surface area contributed by atoms with Crippen molar-refractivity contribution in [3.05, 3.63) is 63.6 Å². The van der Waals surface area contributed by atoms with Crippen molar-refractivity contribution in [2.75, 3.05) is 0 Å². The van der Waals surface area contributed by atoms with Crippen molar-refractivity contribution in [1.29, 1.82) is 0 Å². The molecule has 0 bridgehead atoms. The van der Waals surface area contributed by atoms with Crippen LogP contribution in [0.1, 0.15) is 20.9 Å². The minimum absolute atomic E-state index is 0.179. The molecule has 1 N–H and O–H groups in total. The van der Waals surface area contributed by atoms with Crippen molar-refractivity contribution >= 4 is 28.8 Å². The first-order chi connectivity index (χ1) is 12.2. The molecule has 1 aromatic carbocycles. The molecule has 26 heavy (non-hydrogen) atoms. The average molecular weight is 400 g/mol. The van der Waals surface area contributed by atoms with E-state index in [4.69, 9.17) is 11.6 Å². The van der Waals surface area contributed by atoms with Gasteiger partial charge in [0.25, 0.3) is 5.91 Å². The molecule has 3 rings (SSSR count). The fourth-order valence-corrected chi connectivity index (χ4v) is 3.46. The number of rotatable bonds is 4. The number of thiophene rings is 1. The van der Waals surface area contributed by atoms with Crippen LogP contribution in [0.4, 0.5) is 13.2 Å². The third kappa shape index (κ3) is 4.08. The fourth-order valence-electron chi connectivity index (χ4n) is 2.37. The van der Waals surface area contributed by atoms with Gasteiger partial charge < -0.3 is 5.32 Å². The van der Waals surface area contributed by atoms with E-state index in [0.717, 1.165) is 27.6 Å². The fraction of sp³-hybridized carbons (Fsp3) is 0.176. The van der Waals surface area contributed by atoms with E-state index in [9.17, 15) is 18.0 Å². The zero-order chi connectivity index (χ0) is 18.9. The van der Waals surface area contributed by atoms with Crippen molar-refractivity contribution in [1.82, 2.24) is 15.1 Å². The molecule has 0 atom stereocenters. The van der Waals surface area contributed by atoms with Gasteiger partial charge in [0.1, 0.15) is 11.4 Å². The molecule has 9 heteroatoms. The summed E-state index contributed by atoms with van der Waals surface area (Å²) in [5.41, 5.74) is 0.189. The molecule has 3 aromatic rings. The summed E-state index contributed by atoms with van der Waals surface area (Å²) in [5, 5.41) is 7.21. The van der Waals surface area contributed by atoms with Crippen LogP contribution >= 0.6 is 22.9 Å². The minimum Gasteiger partial charge on any atom is -0.347 e. The standard InChI is InChI=1S/C17H13ClF3N3OS/c1-24-15(17(19,20)21)8-12(23-24)13-5-6-14(26-13)16(25)22-9-10-3-2-4-11(18)7-10/h2-8H,9H2,1H3,(H,22,25). The molecule has 4 nitrogen and oxygen atoms in total. The molecule has 0 aliphatic rings. The van der Waals surface area contributed by atoms with Gasteiger partial charge in [-0.15, -0.1) is 11.3 Å². The molecular formula is C17H13ClF3N3OS. The van der Waals surface area contributed by atoms with Crippen molar-refractivity contribution in [3.63, 3.8) is 0 Å². The smallest absolute Gasteiger partial charge is 0.347 e. The SMILES string of the molecule is Cn1nc(-c2ccc(C(=O)NCc3cccc(Cl)c3)s2)cc1C(F)(F)F. The summed E-state index contributed by atoms with van der Waals surface area (Å²) in [7, 11) is 1.23. The maximum Gasteiger partial charge on any atom is 0.433 e. The highest BCUT2D eigenvalue weighted by Gasteiger charge is 2.35. The number of hydrogen-bond acceptors (Lipinski definition) is 3. The number of hydrogen-bond donors (Lipinski definition) is 1. The van der Waals surface area contributed by atoms with Crippen molar-refractivity contribution in [3.8, 4) is 10.6 Å². The average Bonchev–Trinajstić information content (AvgIpc) is 3.19. The first-order valence-corrected chi connectivity index (χ1v) is 8.67.